The predicted molar refractivity (Wildman–Crippen MR) is 96.7 cm³/mol. The van der Waals surface area contributed by atoms with Crippen molar-refractivity contribution in [3.05, 3.63) is 65.2 Å². The van der Waals surface area contributed by atoms with Crippen LogP contribution in [0.25, 0.3) is 0 Å². The van der Waals surface area contributed by atoms with Gasteiger partial charge >= 0.3 is 0 Å². The third-order valence-corrected chi connectivity index (χ3v) is 5.54. The summed E-state index contributed by atoms with van der Waals surface area (Å²) in [5.41, 5.74) is 2.76. The van der Waals surface area contributed by atoms with Gasteiger partial charge in [0.1, 0.15) is 5.75 Å². The van der Waals surface area contributed by atoms with E-state index >= 15 is 0 Å². The third kappa shape index (κ3) is 2.87. The Hall–Kier alpha value is -2.37. The molecule has 1 spiro atoms. The summed E-state index contributed by atoms with van der Waals surface area (Å²) in [4.78, 5) is 14.5. The molecule has 0 radical (unpaired) electrons. The van der Waals surface area contributed by atoms with Gasteiger partial charge in [-0.05, 0) is 41.7 Å². The maximum atomic E-state index is 12.7. The van der Waals surface area contributed by atoms with E-state index in [2.05, 4.69) is 12.1 Å². The monoisotopic (exact) mass is 353 g/mol. The zero-order valence-corrected chi connectivity index (χ0v) is 14.9. The number of carbonyl (C=O) groups is 1. The molecule has 1 saturated heterocycles. The zero-order valence-electron chi connectivity index (χ0n) is 14.9. The number of piperidine rings is 1. The second kappa shape index (κ2) is 6.74. The van der Waals surface area contributed by atoms with E-state index in [9.17, 15) is 9.90 Å². The summed E-state index contributed by atoms with van der Waals surface area (Å²) in [5.74, 6) is 0.363. The Morgan fingerprint density at radius 1 is 1.19 bits per heavy atom. The number of aliphatic hydroxyl groups excluding tert-OH is 1. The Labute approximate surface area is 153 Å². The highest BCUT2D eigenvalue weighted by Gasteiger charge is 2.43. The standard InChI is InChI=1S/C21H23NO4/c1-25-17-7-4-6-15(13-17)19(23)20(24)22-11-9-21(10-12-22)18-8-3-2-5-16(18)14-26-21/h2-8,13,19,23H,9-12,14H2,1H3. The number of rotatable bonds is 3. The first-order valence-electron chi connectivity index (χ1n) is 8.96. The second-order valence-electron chi connectivity index (χ2n) is 6.94. The van der Waals surface area contributed by atoms with Crippen molar-refractivity contribution in [2.75, 3.05) is 20.2 Å². The Morgan fingerprint density at radius 3 is 2.73 bits per heavy atom. The minimum atomic E-state index is -1.17. The molecular weight excluding hydrogens is 330 g/mol. The number of nitrogens with zero attached hydrogens (tertiary/aromatic N) is 1. The lowest BCUT2D eigenvalue weighted by Crippen LogP contribution is -2.46. The number of benzene rings is 2. The first-order valence-corrected chi connectivity index (χ1v) is 8.96. The second-order valence-corrected chi connectivity index (χ2v) is 6.94. The minimum Gasteiger partial charge on any atom is -0.497 e. The van der Waals surface area contributed by atoms with Crippen molar-refractivity contribution in [2.45, 2.75) is 31.2 Å². The number of hydrogen-bond acceptors (Lipinski definition) is 4. The molecule has 2 aromatic carbocycles. The number of ether oxygens (including phenoxy) is 2. The van der Waals surface area contributed by atoms with E-state index in [-0.39, 0.29) is 11.5 Å². The number of amides is 1. The molecule has 1 N–H and O–H groups in total. The van der Waals surface area contributed by atoms with Gasteiger partial charge in [-0.3, -0.25) is 4.79 Å². The topological polar surface area (TPSA) is 59.0 Å². The van der Waals surface area contributed by atoms with Crippen LogP contribution in [0, 0.1) is 0 Å². The summed E-state index contributed by atoms with van der Waals surface area (Å²) in [6.07, 6.45) is 0.331. The van der Waals surface area contributed by atoms with Gasteiger partial charge in [-0.2, -0.15) is 0 Å². The summed E-state index contributed by atoms with van der Waals surface area (Å²) >= 11 is 0. The van der Waals surface area contributed by atoms with Crippen molar-refractivity contribution in [1.82, 2.24) is 4.90 Å². The number of hydrogen-bond donors (Lipinski definition) is 1. The Bertz CT molecular complexity index is 811. The first kappa shape index (κ1) is 17.1. The summed E-state index contributed by atoms with van der Waals surface area (Å²) in [5, 5.41) is 10.5. The number of aliphatic hydroxyl groups is 1. The van der Waals surface area contributed by atoms with Crippen LogP contribution < -0.4 is 4.74 Å². The summed E-state index contributed by atoms with van der Waals surface area (Å²) in [6.45, 7) is 1.79. The van der Waals surface area contributed by atoms with Crippen molar-refractivity contribution in [1.29, 1.82) is 0 Å². The molecule has 2 heterocycles. The molecule has 2 aliphatic rings. The quantitative estimate of drug-likeness (QED) is 0.922. The van der Waals surface area contributed by atoms with Crippen LogP contribution in [0.3, 0.4) is 0 Å². The van der Waals surface area contributed by atoms with Crippen LogP contribution in [0.4, 0.5) is 0 Å². The average molecular weight is 353 g/mol. The van der Waals surface area contributed by atoms with E-state index in [1.165, 1.54) is 11.1 Å². The summed E-state index contributed by atoms with van der Waals surface area (Å²) in [7, 11) is 1.57. The number of likely N-dealkylation sites (tertiary alicyclic amines) is 1. The van der Waals surface area contributed by atoms with E-state index in [0.717, 1.165) is 12.8 Å². The van der Waals surface area contributed by atoms with Crippen LogP contribution in [-0.2, 0) is 21.7 Å². The maximum absolute atomic E-state index is 12.7. The molecule has 136 valence electrons. The largest absolute Gasteiger partial charge is 0.497 e. The van der Waals surface area contributed by atoms with Gasteiger partial charge in [-0.25, -0.2) is 0 Å². The van der Waals surface area contributed by atoms with Crippen LogP contribution in [0.15, 0.2) is 48.5 Å². The van der Waals surface area contributed by atoms with Gasteiger partial charge in [0.05, 0.1) is 19.3 Å². The predicted octanol–water partition coefficient (Wildman–Crippen LogP) is 2.78. The van der Waals surface area contributed by atoms with Crippen LogP contribution in [0.2, 0.25) is 0 Å². The van der Waals surface area contributed by atoms with Gasteiger partial charge < -0.3 is 19.5 Å². The van der Waals surface area contributed by atoms with Crippen molar-refractivity contribution in [3.63, 3.8) is 0 Å². The van der Waals surface area contributed by atoms with Gasteiger partial charge in [-0.15, -0.1) is 0 Å². The third-order valence-electron chi connectivity index (χ3n) is 5.54. The smallest absolute Gasteiger partial charge is 0.256 e. The number of fused-ring (bicyclic) bond motifs is 2. The van der Waals surface area contributed by atoms with Crippen LogP contribution in [-0.4, -0.2) is 36.1 Å². The van der Waals surface area contributed by atoms with E-state index < -0.39 is 6.10 Å². The SMILES string of the molecule is COc1cccc(C(O)C(=O)N2CCC3(CC2)OCc2ccccc23)c1. The van der Waals surface area contributed by atoms with Crippen LogP contribution in [0.5, 0.6) is 5.75 Å². The van der Waals surface area contributed by atoms with Gasteiger partial charge in [0.2, 0.25) is 0 Å². The molecule has 1 unspecified atom stereocenters. The van der Waals surface area contributed by atoms with Gasteiger partial charge in [0.25, 0.3) is 5.91 Å². The average Bonchev–Trinajstić information content (AvgIpc) is 3.06. The Kier molecular flexibility index (Phi) is 4.42. The first-order chi connectivity index (χ1) is 12.6. The van der Waals surface area contributed by atoms with E-state index in [1.807, 2.05) is 12.1 Å². The fraction of sp³-hybridized carbons (Fsp3) is 0.381. The molecule has 5 heteroatoms. The van der Waals surface area contributed by atoms with Crippen LogP contribution >= 0.6 is 0 Å². The Morgan fingerprint density at radius 2 is 1.96 bits per heavy atom. The molecule has 0 aliphatic carbocycles. The lowest BCUT2D eigenvalue weighted by Gasteiger charge is -2.39. The normalized spacial score (nSPS) is 19.2. The summed E-state index contributed by atoms with van der Waals surface area (Å²) in [6, 6.07) is 15.3. The van der Waals surface area contributed by atoms with E-state index in [4.69, 9.17) is 9.47 Å². The minimum absolute atomic E-state index is 0.264. The number of carbonyl (C=O) groups excluding carboxylic acids is 1. The fourth-order valence-corrected chi connectivity index (χ4v) is 4.01. The van der Waals surface area contributed by atoms with Crippen LogP contribution in [0.1, 0.15) is 35.6 Å². The van der Waals surface area contributed by atoms with E-state index in [0.29, 0.717) is 31.0 Å². The van der Waals surface area contributed by atoms with Gasteiger partial charge in [-0.1, -0.05) is 36.4 Å². The molecular formula is C21H23NO4. The van der Waals surface area contributed by atoms with Gasteiger partial charge in [0, 0.05) is 13.1 Å². The van der Waals surface area contributed by atoms with Crippen molar-refractivity contribution < 1.29 is 19.4 Å². The molecule has 5 nitrogen and oxygen atoms in total. The van der Waals surface area contributed by atoms with E-state index in [1.54, 1.807) is 36.3 Å². The zero-order chi connectivity index (χ0) is 18.1. The van der Waals surface area contributed by atoms with Crippen molar-refractivity contribution >= 4 is 5.91 Å². The Balaban J connectivity index is 1.46. The fourth-order valence-electron chi connectivity index (χ4n) is 4.01. The van der Waals surface area contributed by atoms with Crippen molar-refractivity contribution in [2.24, 2.45) is 0 Å². The summed E-state index contributed by atoms with van der Waals surface area (Å²) < 4.78 is 11.3. The molecule has 0 saturated carbocycles. The lowest BCUT2D eigenvalue weighted by molar-refractivity contribution is -0.147. The highest BCUT2D eigenvalue weighted by Crippen LogP contribution is 2.44. The molecule has 26 heavy (non-hydrogen) atoms. The van der Waals surface area contributed by atoms with Gasteiger partial charge in [0.15, 0.2) is 6.10 Å². The molecule has 0 bridgehead atoms. The molecule has 2 aliphatic heterocycles. The highest BCUT2D eigenvalue weighted by molar-refractivity contribution is 5.82. The molecule has 1 amide bonds. The molecule has 1 atom stereocenters. The number of methoxy groups -OCH3 is 1. The highest BCUT2D eigenvalue weighted by atomic mass is 16.5. The van der Waals surface area contributed by atoms with Crippen molar-refractivity contribution in [3.8, 4) is 5.75 Å². The molecule has 0 aromatic heterocycles. The lowest BCUT2D eigenvalue weighted by atomic mass is 9.83. The molecule has 2 aromatic rings. The molecule has 4 rings (SSSR count). The maximum Gasteiger partial charge on any atom is 0.256 e. The molecule has 1 fully saturated rings.